The summed E-state index contributed by atoms with van der Waals surface area (Å²) in [5.41, 5.74) is 1.58. The van der Waals surface area contributed by atoms with Crippen molar-refractivity contribution in [3.63, 3.8) is 0 Å². The highest BCUT2D eigenvalue weighted by atomic mass is 32.2. The van der Waals surface area contributed by atoms with Crippen molar-refractivity contribution in [2.75, 3.05) is 0 Å². The molecule has 0 aliphatic heterocycles. The number of pyridine rings is 1. The van der Waals surface area contributed by atoms with Crippen LogP contribution in [0.25, 0.3) is 0 Å². The Morgan fingerprint density at radius 1 is 0.569 bits per heavy atom. The van der Waals surface area contributed by atoms with E-state index in [4.69, 9.17) is 14.2 Å². The lowest BCUT2D eigenvalue weighted by Gasteiger charge is -2.21. The third-order valence-electron chi connectivity index (χ3n) is 7.19. The van der Waals surface area contributed by atoms with Crippen molar-refractivity contribution in [2.24, 2.45) is 0 Å². The smallest absolute Gasteiger partial charge is 0.166 e. The molecule has 1 heterocycles. The lowest BCUT2D eigenvalue weighted by molar-refractivity contribution is 0.130. The van der Waals surface area contributed by atoms with Crippen molar-refractivity contribution >= 4 is 21.0 Å². The normalized spacial score (nSPS) is 12.1. The molecule has 5 rings (SSSR count). The number of nitrogens with zero attached hydrogens (tertiary/aromatic N) is 1. The molecule has 7 nitrogen and oxygen atoms in total. The minimum Gasteiger partial charge on any atom is -0.744 e. The van der Waals surface area contributed by atoms with Crippen LogP contribution >= 0.6 is 0 Å². The summed E-state index contributed by atoms with van der Waals surface area (Å²) in [4.78, 5) is 7.54. The van der Waals surface area contributed by atoms with Crippen molar-refractivity contribution in [2.45, 2.75) is 105 Å². The highest BCUT2D eigenvalue weighted by Gasteiger charge is 2.29. The van der Waals surface area contributed by atoms with Crippen molar-refractivity contribution in [3.8, 4) is 17.2 Å². The predicted octanol–water partition coefficient (Wildman–Crippen LogP) is 10.00. The van der Waals surface area contributed by atoms with Crippen molar-refractivity contribution in [3.05, 3.63) is 133 Å². The fourth-order valence-corrected chi connectivity index (χ4v) is 7.35. The fraction of sp³-hybridized carbons (Fsp3) is 0.310. The molecule has 0 aliphatic rings. The summed E-state index contributed by atoms with van der Waals surface area (Å²) < 4.78 is 50.0. The van der Waals surface area contributed by atoms with Gasteiger partial charge in [0.15, 0.2) is 14.7 Å². The van der Waals surface area contributed by atoms with Crippen LogP contribution in [0, 0.1) is 0 Å². The number of ether oxygens (including phenoxy) is 3. The molecule has 0 radical (unpaired) electrons. The van der Waals surface area contributed by atoms with Crippen LogP contribution in [0.4, 0.5) is 0 Å². The molecule has 0 bridgehead atoms. The zero-order valence-corrected chi connectivity index (χ0v) is 32.6. The zero-order valence-electron chi connectivity index (χ0n) is 31.0. The highest BCUT2D eigenvalue weighted by Crippen LogP contribution is 2.35. The fourth-order valence-electron chi connectivity index (χ4n) is 4.84. The van der Waals surface area contributed by atoms with Gasteiger partial charge in [-0.3, -0.25) is 4.98 Å². The molecule has 0 spiro atoms. The number of rotatable bonds is 9. The Kier molecular flexibility index (Phi) is 12.7. The van der Waals surface area contributed by atoms with E-state index in [1.54, 1.807) is 24.5 Å². The van der Waals surface area contributed by atoms with Crippen LogP contribution in [-0.2, 0) is 33.0 Å². The molecule has 0 aliphatic carbocycles. The van der Waals surface area contributed by atoms with Crippen LogP contribution in [0.3, 0.4) is 0 Å². The van der Waals surface area contributed by atoms with Gasteiger partial charge in [0.1, 0.15) is 45.2 Å². The van der Waals surface area contributed by atoms with Gasteiger partial charge in [-0.2, -0.15) is 0 Å². The van der Waals surface area contributed by atoms with Gasteiger partial charge in [-0.25, -0.2) is 8.42 Å². The summed E-state index contributed by atoms with van der Waals surface area (Å²) in [6, 6.07) is 35.3. The van der Waals surface area contributed by atoms with Gasteiger partial charge in [0.2, 0.25) is 0 Å². The molecule has 0 N–H and O–H groups in total. The molecular formula is C42H49NO6S2. The van der Waals surface area contributed by atoms with E-state index >= 15 is 0 Å². The first-order chi connectivity index (χ1) is 23.8. The second kappa shape index (κ2) is 16.4. The van der Waals surface area contributed by atoms with E-state index in [0.29, 0.717) is 6.61 Å². The summed E-state index contributed by atoms with van der Waals surface area (Å²) >= 11 is 0. The molecule has 5 aromatic rings. The Morgan fingerprint density at radius 3 is 1.31 bits per heavy atom. The van der Waals surface area contributed by atoms with Crippen LogP contribution in [0.15, 0.2) is 141 Å². The summed E-state index contributed by atoms with van der Waals surface area (Å²) in [7, 11) is -4.62. The first-order valence-corrected chi connectivity index (χ1v) is 19.4. The Bertz CT molecular complexity index is 1860. The molecule has 4 aromatic carbocycles. The first kappa shape index (κ1) is 39.5. The average molecular weight is 728 g/mol. The average Bonchev–Trinajstić information content (AvgIpc) is 3.05. The third-order valence-corrected chi connectivity index (χ3v) is 10.3. The van der Waals surface area contributed by atoms with Gasteiger partial charge in [-0.15, -0.1) is 0 Å². The van der Waals surface area contributed by atoms with E-state index in [1.165, 1.54) is 26.8 Å². The maximum atomic E-state index is 10.6. The maximum Gasteiger partial charge on any atom is 0.166 e. The van der Waals surface area contributed by atoms with Crippen molar-refractivity contribution < 1.29 is 27.2 Å². The van der Waals surface area contributed by atoms with Crippen molar-refractivity contribution in [1.82, 2.24) is 4.98 Å². The van der Waals surface area contributed by atoms with Gasteiger partial charge in [-0.05, 0) is 155 Å². The van der Waals surface area contributed by atoms with Crippen LogP contribution in [0.2, 0.25) is 0 Å². The Labute approximate surface area is 307 Å². The Hall–Kier alpha value is -4.31. The van der Waals surface area contributed by atoms with Gasteiger partial charge >= 0.3 is 0 Å². The van der Waals surface area contributed by atoms with Gasteiger partial charge in [0.25, 0.3) is 0 Å². The lowest BCUT2D eigenvalue weighted by Crippen LogP contribution is -2.23. The molecule has 270 valence electrons. The largest absolute Gasteiger partial charge is 0.744 e. The number of hydrogen-bond donors (Lipinski definition) is 0. The summed E-state index contributed by atoms with van der Waals surface area (Å²) in [5, 5.41) is 0. The molecule has 51 heavy (non-hydrogen) atoms. The van der Waals surface area contributed by atoms with E-state index in [1.807, 2.05) is 45.0 Å². The highest BCUT2D eigenvalue weighted by molar-refractivity contribution is 7.97. The maximum absolute atomic E-state index is 10.6. The van der Waals surface area contributed by atoms with Crippen molar-refractivity contribution in [1.29, 1.82) is 0 Å². The lowest BCUT2D eigenvalue weighted by atomic mass is 9.87. The van der Waals surface area contributed by atoms with E-state index < -0.39 is 10.1 Å². The quantitative estimate of drug-likeness (QED) is 0.110. The Balaban J connectivity index is 0.000000349. The Morgan fingerprint density at radius 2 is 0.961 bits per heavy atom. The molecule has 1 aromatic heterocycles. The SMILES string of the molecule is CC(C)(C)Oc1ccc([S+](c2ccc(OCc3ccncc3)cc2)c2ccc(OC(C)(C)C)cc2)cc1.CC(C)(C)c1ccc(S(=O)(=O)[O-])cc1. The summed E-state index contributed by atoms with van der Waals surface area (Å²) in [6.45, 7) is 18.9. The molecular weight excluding hydrogens is 679 g/mol. The van der Waals surface area contributed by atoms with Gasteiger partial charge in [-0.1, -0.05) is 32.9 Å². The predicted molar refractivity (Wildman–Crippen MR) is 204 cm³/mol. The van der Waals surface area contributed by atoms with Crippen LogP contribution in [0.1, 0.15) is 73.4 Å². The topological polar surface area (TPSA) is 97.8 Å². The van der Waals surface area contributed by atoms with E-state index in [9.17, 15) is 13.0 Å². The standard InChI is InChI=1S/C32H36NO3S.C10H14O3S/c1-31(2,3)35-26-9-15-29(16-10-26)37(30-17-11-27(12-18-30)36-32(4,5)6)28-13-7-25(8-14-28)34-23-24-19-21-33-22-20-24;1-10(2,3)8-4-6-9(7-5-8)14(11,12)13/h7-22H,23H2,1-6H3;4-7H,1-3H3,(H,11,12,13)/q+1;/p-1. The molecule has 0 saturated carbocycles. The van der Waals surface area contributed by atoms with E-state index in [2.05, 4.69) is 107 Å². The van der Waals surface area contributed by atoms with E-state index in [-0.39, 0.29) is 32.4 Å². The summed E-state index contributed by atoms with van der Waals surface area (Å²) in [5.74, 6) is 2.58. The minimum atomic E-state index is -4.32. The second-order valence-electron chi connectivity index (χ2n) is 15.0. The third kappa shape index (κ3) is 12.8. The second-order valence-corrected chi connectivity index (χ2v) is 18.4. The number of hydrogen-bond acceptors (Lipinski definition) is 7. The van der Waals surface area contributed by atoms with E-state index in [0.717, 1.165) is 28.4 Å². The van der Waals surface area contributed by atoms with Crippen LogP contribution < -0.4 is 14.2 Å². The molecule has 0 amide bonds. The first-order valence-electron chi connectivity index (χ1n) is 16.8. The molecule has 9 heteroatoms. The monoisotopic (exact) mass is 727 g/mol. The number of aromatic nitrogens is 1. The molecule has 0 saturated heterocycles. The minimum absolute atomic E-state index is 0.0365. The van der Waals surface area contributed by atoms with Gasteiger partial charge in [0.05, 0.1) is 15.8 Å². The number of benzene rings is 4. The molecule has 0 unspecified atom stereocenters. The van der Waals surface area contributed by atoms with Crippen LogP contribution in [0.5, 0.6) is 17.2 Å². The van der Waals surface area contributed by atoms with Gasteiger partial charge in [0, 0.05) is 12.4 Å². The van der Waals surface area contributed by atoms with Crippen LogP contribution in [-0.4, -0.2) is 29.2 Å². The van der Waals surface area contributed by atoms with Gasteiger partial charge < -0.3 is 18.8 Å². The summed E-state index contributed by atoms with van der Waals surface area (Å²) in [6.07, 6.45) is 3.56. The molecule has 0 atom stereocenters. The zero-order chi connectivity index (χ0) is 37.5. The molecule has 0 fully saturated rings.